The van der Waals surface area contributed by atoms with E-state index in [1.165, 1.54) is 0 Å². The van der Waals surface area contributed by atoms with E-state index in [9.17, 15) is 4.79 Å². The number of hydrogen-bond donors (Lipinski definition) is 1. The molecule has 0 unspecified atom stereocenters. The highest BCUT2D eigenvalue weighted by Crippen LogP contribution is 2.28. The molecule has 33 heavy (non-hydrogen) atoms. The van der Waals surface area contributed by atoms with Crippen molar-refractivity contribution in [2.75, 3.05) is 5.32 Å². The fourth-order valence-electron chi connectivity index (χ4n) is 3.61. The van der Waals surface area contributed by atoms with Crippen LogP contribution in [0.15, 0.2) is 84.9 Å². The number of benzene rings is 4. The first-order valence-corrected chi connectivity index (χ1v) is 11.0. The number of hydrogen-bond acceptors (Lipinski definition) is 3. The summed E-state index contributed by atoms with van der Waals surface area (Å²) in [5.74, 6) is 0.166. The second-order valence-electron chi connectivity index (χ2n) is 7.62. The monoisotopic (exact) mass is 472 g/mol. The Morgan fingerprint density at radius 2 is 1.64 bits per heavy atom. The van der Waals surface area contributed by atoms with E-state index in [1.54, 1.807) is 22.9 Å². The van der Waals surface area contributed by atoms with Gasteiger partial charge in [0.05, 0.1) is 15.7 Å². The molecule has 0 aliphatic heterocycles. The highest BCUT2D eigenvalue weighted by atomic mass is 35.5. The number of halogens is 2. The Morgan fingerprint density at radius 1 is 0.879 bits per heavy atom. The van der Waals surface area contributed by atoms with Gasteiger partial charge in [-0.1, -0.05) is 89.4 Å². The lowest BCUT2D eigenvalue weighted by Crippen LogP contribution is -2.14. The molecule has 5 aromatic rings. The van der Waals surface area contributed by atoms with Crippen LogP contribution in [-0.4, -0.2) is 20.7 Å². The number of nitrogens with zero attached hydrogens (tertiary/aromatic N) is 3. The van der Waals surface area contributed by atoms with Crippen LogP contribution in [-0.2, 0) is 0 Å². The van der Waals surface area contributed by atoms with Gasteiger partial charge in [0, 0.05) is 16.6 Å². The van der Waals surface area contributed by atoms with Gasteiger partial charge in [-0.3, -0.25) is 4.79 Å². The molecule has 0 atom stereocenters. The first-order valence-electron chi connectivity index (χ1n) is 10.3. The number of rotatable bonds is 4. The van der Waals surface area contributed by atoms with Crippen LogP contribution in [0.1, 0.15) is 16.2 Å². The molecule has 1 amide bonds. The van der Waals surface area contributed by atoms with Crippen molar-refractivity contribution in [2.24, 2.45) is 0 Å². The molecule has 5 nitrogen and oxygen atoms in total. The molecule has 5 rings (SSSR count). The molecule has 0 saturated carbocycles. The van der Waals surface area contributed by atoms with Crippen molar-refractivity contribution in [1.82, 2.24) is 14.8 Å². The molecule has 1 N–H and O–H groups in total. The van der Waals surface area contributed by atoms with E-state index in [4.69, 9.17) is 23.2 Å². The van der Waals surface area contributed by atoms with E-state index < -0.39 is 5.91 Å². The minimum absolute atomic E-state index is 0.0459. The van der Waals surface area contributed by atoms with Gasteiger partial charge in [-0.25, -0.2) is 9.67 Å². The van der Waals surface area contributed by atoms with Crippen LogP contribution in [0.25, 0.3) is 27.8 Å². The quantitative estimate of drug-likeness (QED) is 0.307. The number of aromatic nitrogens is 3. The van der Waals surface area contributed by atoms with Gasteiger partial charge in [-0.15, -0.1) is 5.10 Å². The largest absolute Gasteiger partial charge is 0.319 e. The van der Waals surface area contributed by atoms with Gasteiger partial charge in [-0.05, 0) is 36.6 Å². The van der Waals surface area contributed by atoms with Gasteiger partial charge >= 0.3 is 0 Å². The van der Waals surface area contributed by atoms with Crippen LogP contribution in [0, 0.1) is 6.92 Å². The summed E-state index contributed by atoms with van der Waals surface area (Å²) >= 11 is 12.3. The number of anilines is 1. The second-order valence-corrected chi connectivity index (χ2v) is 8.43. The zero-order valence-electron chi connectivity index (χ0n) is 17.6. The summed E-state index contributed by atoms with van der Waals surface area (Å²) in [6, 6.07) is 26.6. The van der Waals surface area contributed by atoms with Crippen LogP contribution < -0.4 is 5.32 Å². The van der Waals surface area contributed by atoms with Crippen LogP contribution in [0.5, 0.6) is 0 Å². The standard InChI is InChI=1S/C26H18Cl2N4O/c1-16-9-11-18(12-10-16)25-30-24(31-32(25)19-13-14-21(27)22(28)15-19)26(33)29-23-8-4-6-17-5-2-3-7-20(17)23/h2-15H,1H3,(H,29,33). The van der Waals surface area contributed by atoms with E-state index in [2.05, 4.69) is 15.4 Å². The molecule has 1 heterocycles. The van der Waals surface area contributed by atoms with Gasteiger partial charge in [0.15, 0.2) is 5.82 Å². The van der Waals surface area contributed by atoms with Gasteiger partial charge in [0.2, 0.25) is 5.82 Å². The summed E-state index contributed by atoms with van der Waals surface area (Å²) in [5, 5.41) is 10.3. The maximum Gasteiger partial charge on any atom is 0.295 e. The Kier molecular flexibility index (Phi) is 5.58. The third-order valence-corrected chi connectivity index (χ3v) is 6.04. The molecule has 162 valence electrons. The number of amides is 1. The molecular weight excluding hydrogens is 455 g/mol. The van der Waals surface area contributed by atoms with Gasteiger partial charge < -0.3 is 5.32 Å². The maximum atomic E-state index is 13.2. The van der Waals surface area contributed by atoms with E-state index in [0.29, 0.717) is 27.2 Å². The van der Waals surface area contributed by atoms with Crippen molar-refractivity contribution in [1.29, 1.82) is 0 Å². The molecule has 0 fully saturated rings. The summed E-state index contributed by atoms with van der Waals surface area (Å²) in [6.07, 6.45) is 0. The lowest BCUT2D eigenvalue weighted by Gasteiger charge is -2.07. The van der Waals surface area contributed by atoms with E-state index in [-0.39, 0.29) is 5.82 Å². The first-order chi connectivity index (χ1) is 16.0. The Morgan fingerprint density at radius 3 is 2.42 bits per heavy atom. The van der Waals surface area contributed by atoms with Crippen LogP contribution in [0.3, 0.4) is 0 Å². The third-order valence-electron chi connectivity index (χ3n) is 5.31. The van der Waals surface area contributed by atoms with Crippen molar-refractivity contribution in [3.8, 4) is 17.1 Å². The number of aryl methyl sites for hydroxylation is 1. The SMILES string of the molecule is Cc1ccc(-c2nc(C(=O)Nc3cccc4ccccc34)nn2-c2ccc(Cl)c(Cl)c2)cc1. The fraction of sp³-hybridized carbons (Fsp3) is 0.0385. The minimum Gasteiger partial charge on any atom is -0.319 e. The molecule has 4 aromatic carbocycles. The molecule has 1 aromatic heterocycles. The Hall–Kier alpha value is -3.67. The van der Waals surface area contributed by atoms with Crippen LogP contribution in [0.2, 0.25) is 10.0 Å². The maximum absolute atomic E-state index is 13.2. The molecule has 0 aliphatic rings. The first kappa shape index (κ1) is 21.2. The zero-order valence-corrected chi connectivity index (χ0v) is 19.1. The van der Waals surface area contributed by atoms with Crippen molar-refractivity contribution in [3.05, 3.63) is 106 Å². The average molecular weight is 473 g/mol. The zero-order chi connectivity index (χ0) is 22.9. The summed E-state index contributed by atoms with van der Waals surface area (Å²) in [4.78, 5) is 17.7. The number of carbonyl (C=O) groups excluding carboxylic acids is 1. The lowest BCUT2D eigenvalue weighted by atomic mass is 10.1. The molecular formula is C26H18Cl2N4O. The Bertz CT molecular complexity index is 1490. The molecule has 7 heteroatoms. The summed E-state index contributed by atoms with van der Waals surface area (Å²) in [6.45, 7) is 2.01. The normalized spacial score (nSPS) is 11.0. The predicted octanol–water partition coefficient (Wildman–Crippen LogP) is 6.96. The smallest absolute Gasteiger partial charge is 0.295 e. The summed E-state index contributed by atoms with van der Waals surface area (Å²) in [5.41, 5.74) is 3.29. The topological polar surface area (TPSA) is 59.8 Å². The third kappa shape index (κ3) is 4.21. The van der Waals surface area contributed by atoms with E-state index >= 15 is 0 Å². The van der Waals surface area contributed by atoms with Gasteiger partial charge in [-0.2, -0.15) is 0 Å². The lowest BCUT2D eigenvalue weighted by molar-refractivity contribution is 0.101. The van der Waals surface area contributed by atoms with Crippen molar-refractivity contribution in [2.45, 2.75) is 6.92 Å². The summed E-state index contributed by atoms with van der Waals surface area (Å²) in [7, 11) is 0. The molecule has 0 radical (unpaired) electrons. The molecule has 0 saturated heterocycles. The minimum atomic E-state index is -0.404. The van der Waals surface area contributed by atoms with Crippen molar-refractivity contribution in [3.63, 3.8) is 0 Å². The van der Waals surface area contributed by atoms with E-state index in [0.717, 1.165) is 21.9 Å². The molecule has 0 aliphatic carbocycles. The summed E-state index contributed by atoms with van der Waals surface area (Å²) < 4.78 is 1.60. The molecule has 0 spiro atoms. The predicted molar refractivity (Wildman–Crippen MR) is 133 cm³/mol. The number of fused-ring (bicyclic) bond motifs is 1. The number of nitrogens with one attached hydrogen (secondary N) is 1. The molecule has 0 bridgehead atoms. The van der Waals surface area contributed by atoms with Crippen molar-refractivity contribution >= 4 is 45.6 Å². The average Bonchev–Trinajstić information content (AvgIpc) is 3.27. The van der Waals surface area contributed by atoms with Gasteiger partial charge in [0.1, 0.15) is 0 Å². The van der Waals surface area contributed by atoms with Crippen molar-refractivity contribution < 1.29 is 4.79 Å². The fourth-order valence-corrected chi connectivity index (χ4v) is 3.90. The number of carbonyl (C=O) groups is 1. The van der Waals surface area contributed by atoms with E-state index in [1.807, 2.05) is 73.7 Å². The van der Waals surface area contributed by atoms with Crippen LogP contribution >= 0.6 is 23.2 Å². The van der Waals surface area contributed by atoms with Gasteiger partial charge in [0.25, 0.3) is 5.91 Å². The van der Waals surface area contributed by atoms with Crippen LogP contribution in [0.4, 0.5) is 5.69 Å². The Labute approximate surface area is 200 Å². The highest BCUT2D eigenvalue weighted by Gasteiger charge is 2.20. The Balaban J connectivity index is 1.58. The highest BCUT2D eigenvalue weighted by molar-refractivity contribution is 6.42. The second kappa shape index (κ2) is 8.70.